The Kier molecular flexibility index (Phi) is 7.40. The van der Waals surface area contributed by atoms with Crippen LogP contribution >= 0.6 is 0 Å². The summed E-state index contributed by atoms with van der Waals surface area (Å²) in [5.41, 5.74) is 1.79. The molecule has 4 rings (SSSR count). The molecule has 0 saturated carbocycles. The van der Waals surface area contributed by atoms with Crippen LogP contribution in [0, 0.1) is 0 Å². The van der Waals surface area contributed by atoms with E-state index in [1.165, 1.54) is 30.2 Å². The Bertz CT molecular complexity index is 1420. The van der Waals surface area contributed by atoms with E-state index in [0.717, 1.165) is 11.8 Å². The molecule has 0 bridgehead atoms. The number of carbonyl (C=O) groups is 2. The third-order valence-corrected chi connectivity index (χ3v) is 7.23. The van der Waals surface area contributed by atoms with Crippen molar-refractivity contribution in [3.8, 4) is 17.2 Å². The van der Waals surface area contributed by atoms with Crippen molar-refractivity contribution in [1.82, 2.24) is 4.90 Å². The van der Waals surface area contributed by atoms with Gasteiger partial charge < -0.3 is 19.3 Å². The average Bonchev–Trinajstić information content (AvgIpc) is 3.13. The molecule has 3 aromatic carbocycles. The van der Waals surface area contributed by atoms with Crippen LogP contribution in [0.15, 0.2) is 71.6 Å². The fraction of sp³-hybridized carbons (Fsp3) is 0.259. The summed E-state index contributed by atoms with van der Waals surface area (Å²) < 4.78 is 41.7. The zero-order valence-electron chi connectivity index (χ0n) is 20.6. The van der Waals surface area contributed by atoms with Gasteiger partial charge in [0.2, 0.25) is 0 Å². The van der Waals surface area contributed by atoms with Crippen molar-refractivity contribution < 1.29 is 37.3 Å². The highest BCUT2D eigenvalue weighted by Gasteiger charge is 2.40. The van der Waals surface area contributed by atoms with Crippen LogP contribution in [0.5, 0.6) is 17.2 Å². The number of nitrogens with zero attached hydrogens (tertiary/aromatic N) is 1. The van der Waals surface area contributed by atoms with Crippen molar-refractivity contribution in [2.45, 2.75) is 36.9 Å². The average molecular weight is 526 g/mol. The van der Waals surface area contributed by atoms with Gasteiger partial charge in [-0.25, -0.2) is 13.2 Å². The number of aliphatic carboxylic acids is 1. The van der Waals surface area contributed by atoms with Gasteiger partial charge in [0, 0.05) is 11.8 Å². The summed E-state index contributed by atoms with van der Waals surface area (Å²) in [7, 11) is -2.09. The van der Waals surface area contributed by atoms with Gasteiger partial charge in [0.15, 0.2) is 21.3 Å². The number of cyclic esters (lactones) is 1. The van der Waals surface area contributed by atoms with Crippen molar-refractivity contribution in [1.29, 1.82) is 0 Å². The normalized spacial score (nSPS) is 17.4. The summed E-state index contributed by atoms with van der Waals surface area (Å²) >= 11 is 0. The number of methoxy groups -OCH3 is 1. The third-order valence-electron chi connectivity index (χ3n) is 6.12. The molecular formula is C27H27NO8S. The van der Waals surface area contributed by atoms with Gasteiger partial charge in [-0.2, -0.15) is 0 Å². The quantitative estimate of drug-likeness (QED) is 0.431. The largest absolute Gasteiger partial charge is 0.493 e. The topological polar surface area (TPSA) is 119 Å². The molecule has 3 aromatic rings. The second kappa shape index (κ2) is 10.5. The Balaban J connectivity index is 1.70. The molecule has 9 nitrogen and oxygen atoms in total. The van der Waals surface area contributed by atoms with Crippen LogP contribution in [0.4, 0.5) is 4.79 Å². The maximum Gasteiger partial charge on any atom is 0.411 e. The van der Waals surface area contributed by atoms with Gasteiger partial charge in [-0.15, -0.1) is 0 Å². The van der Waals surface area contributed by atoms with E-state index in [9.17, 15) is 18.0 Å². The highest BCUT2D eigenvalue weighted by Crippen LogP contribution is 2.38. The summed E-state index contributed by atoms with van der Waals surface area (Å²) in [6, 6.07) is 18.2. The van der Waals surface area contributed by atoms with E-state index in [2.05, 4.69) is 0 Å². The number of carbonyl (C=O) groups excluding carboxylic acids is 1. The Morgan fingerprint density at radius 2 is 1.73 bits per heavy atom. The van der Waals surface area contributed by atoms with E-state index in [4.69, 9.17) is 19.3 Å². The van der Waals surface area contributed by atoms with Crippen LogP contribution in [0.1, 0.15) is 29.7 Å². The van der Waals surface area contributed by atoms with Crippen molar-refractivity contribution in [3.63, 3.8) is 0 Å². The molecule has 1 heterocycles. The van der Waals surface area contributed by atoms with Crippen LogP contribution in [-0.4, -0.2) is 49.9 Å². The number of ether oxygens (including phenoxy) is 3. The molecule has 0 radical (unpaired) electrons. The van der Waals surface area contributed by atoms with Gasteiger partial charge in [-0.3, -0.25) is 9.69 Å². The lowest BCUT2D eigenvalue weighted by atomic mass is 10.0. The van der Waals surface area contributed by atoms with E-state index >= 15 is 0 Å². The zero-order chi connectivity index (χ0) is 26.7. The van der Waals surface area contributed by atoms with Crippen molar-refractivity contribution in [2.75, 3.05) is 13.4 Å². The van der Waals surface area contributed by atoms with Gasteiger partial charge >= 0.3 is 12.1 Å². The standard InChI is InChI=1S/C27H27NO8S/c1-17-26(19-7-5-4-6-8-19)36-27(31)28(17)16-20-15-21(37(3,32)33)10-12-22(20)35-24-13-18(14-25(29)30)9-11-23(24)34-2/h4-13,15,17,26H,14,16H2,1-3H3,(H,29,30)/t17-,26-/m0/s1. The van der Waals surface area contributed by atoms with Crippen molar-refractivity contribution in [3.05, 3.63) is 83.4 Å². The molecule has 194 valence electrons. The molecular weight excluding hydrogens is 498 g/mol. The van der Waals surface area contributed by atoms with Gasteiger partial charge in [-0.05, 0) is 48.4 Å². The summed E-state index contributed by atoms with van der Waals surface area (Å²) in [5.74, 6) is -0.0793. The second-order valence-corrected chi connectivity index (χ2v) is 10.8. The van der Waals surface area contributed by atoms with E-state index in [-0.39, 0.29) is 29.7 Å². The first-order chi connectivity index (χ1) is 17.6. The molecule has 10 heteroatoms. The lowest BCUT2D eigenvalue weighted by Gasteiger charge is -2.23. The first-order valence-corrected chi connectivity index (χ1v) is 13.4. The first-order valence-electron chi connectivity index (χ1n) is 11.5. The lowest BCUT2D eigenvalue weighted by molar-refractivity contribution is -0.136. The van der Waals surface area contributed by atoms with Crippen LogP contribution in [0.3, 0.4) is 0 Å². The van der Waals surface area contributed by atoms with Crippen molar-refractivity contribution in [2.24, 2.45) is 0 Å². The molecule has 1 aliphatic heterocycles. The minimum atomic E-state index is -3.54. The van der Waals surface area contributed by atoms with E-state index < -0.39 is 28.0 Å². The maximum atomic E-state index is 12.8. The molecule has 1 N–H and O–H groups in total. The van der Waals surface area contributed by atoms with Crippen LogP contribution < -0.4 is 9.47 Å². The van der Waals surface area contributed by atoms with Gasteiger partial charge in [0.1, 0.15) is 11.9 Å². The third kappa shape index (κ3) is 5.86. The molecule has 0 aliphatic carbocycles. The zero-order valence-corrected chi connectivity index (χ0v) is 21.4. The lowest BCUT2D eigenvalue weighted by Crippen LogP contribution is -2.31. The minimum Gasteiger partial charge on any atom is -0.493 e. The number of sulfone groups is 1. The number of carboxylic acid groups (broad SMARTS) is 1. The summed E-state index contributed by atoms with van der Waals surface area (Å²) in [6.07, 6.45) is -0.122. The van der Waals surface area contributed by atoms with Crippen LogP contribution in [-0.2, 0) is 32.3 Å². The first kappa shape index (κ1) is 26.0. The Labute approximate surface area is 215 Å². The molecule has 37 heavy (non-hydrogen) atoms. The summed E-state index contributed by atoms with van der Waals surface area (Å²) in [6.45, 7) is 1.89. The predicted molar refractivity (Wildman–Crippen MR) is 135 cm³/mol. The van der Waals surface area contributed by atoms with Gasteiger partial charge in [-0.1, -0.05) is 36.4 Å². The second-order valence-electron chi connectivity index (χ2n) is 8.78. The fourth-order valence-corrected chi connectivity index (χ4v) is 4.87. The molecule has 1 fully saturated rings. The predicted octanol–water partition coefficient (Wildman–Crippen LogP) is 4.60. The molecule has 0 aromatic heterocycles. The van der Waals surface area contributed by atoms with E-state index in [1.807, 2.05) is 37.3 Å². The number of carboxylic acids is 1. The van der Waals surface area contributed by atoms with Gasteiger partial charge in [0.05, 0.1) is 31.0 Å². The number of hydrogen-bond donors (Lipinski definition) is 1. The molecule has 1 aliphatic rings. The maximum absolute atomic E-state index is 12.8. The molecule has 1 saturated heterocycles. The van der Waals surface area contributed by atoms with Crippen LogP contribution in [0.25, 0.3) is 0 Å². The van der Waals surface area contributed by atoms with E-state index in [1.54, 1.807) is 18.2 Å². The molecule has 2 atom stereocenters. The summed E-state index contributed by atoms with van der Waals surface area (Å²) in [5, 5.41) is 9.16. The Morgan fingerprint density at radius 3 is 2.38 bits per heavy atom. The fourth-order valence-electron chi connectivity index (χ4n) is 4.20. The monoisotopic (exact) mass is 525 g/mol. The molecule has 0 spiro atoms. The van der Waals surface area contributed by atoms with E-state index in [0.29, 0.717) is 22.6 Å². The Morgan fingerprint density at radius 1 is 1.03 bits per heavy atom. The minimum absolute atomic E-state index is 0.0269. The Hall–Kier alpha value is -4.05. The number of benzene rings is 3. The highest BCUT2D eigenvalue weighted by atomic mass is 32.2. The molecule has 1 amide bonds. The van der Waals surface area contributed by atoms with Gasteiger partial charge in [0.25, 0.3) is 0 Å². The highest BCUT2D eigenvalue weighted by molar-refractivity contribution is 7.90. The SMILES string of the molecule is COc1ccc(CC(=O)O)cc1Oc1ccc(S(C)(=O)=O)cc1CN1C(=O)O[C@H](c2ccccc2)[C@@H]1C. The van der Waals surface area contributed by atoms with Crippen LogP contribution in [0.2, 0.25) is 0 Å². The number of hydrogen-bond acceptors (Lipinski definition) is 7. The number of rotatable bonds is 9. The van der Waals surface area contributed by atoms with Crippen molar-refractivity contribution >= 4 is 21.9 Å². The summed E-state index contributed by atoms with van der Waals surface area (Å²) in [4.78, 5) is 25.6. The smallest absolute Gasteiger partial charge is 0.411 e. The number of amides is 1. The molecule has 0 unspecified atom stereocenters.